The van der Waals surface area contributed by atoms with E-state index in [9.17, 15) is 8.42 Å². The lowest BCUT2D eigenvalue weighted by Crippen LogP contribution is -2.39. The molecule has 2 aromatic rings. The maximum absolute atomic E-state index is 13.0. The van der Waals surface area contributed by atoms with Gasteiger partial charge in [0, 0.05) is 13.1 Å². The molecular weight excluding hydrogens is 422 g/mol. The number of rotatable bonds is 12. The van der Waals surface area contributed by atoms with Gasteiger partial charge in [-0.3, -0.25) is 9.03 Å². The lowest BCUT2D eigenvalue weighted by molar-refractivity contribution is 0.295. The van der Waals surface area contributed by atoms with Gasteiger partial charge in [0.15, 0.2) is 0 Å². The number of fused-ring (bicyclic) bond motifs is 1. The molecule has 3 rings (SSSR count). The average molecular weight is 458 g/mol. The second kappa shape index (κ2) is 11.4. The Bertz CT molecular complexity index is 990. The van der Waals surface area contributed by atoms with E-state index < -0.39 is 10.2 Å². The van der Waals surface area contributed by atoms with Crippen molar-refractivity contribution >= 4 is 21.6 Å². The highest BCUT2D eigenvalue weighted by Gasteiger charge is 2.27. The lowest BCUT2D eigenvalue weighted by Gasteiger charge is -2.31. The molecule has 0 aliphatic carbocycles. The van der Waals surface area contributed by atoms with E-state index in [1.54, 1.807) is 12.1 Å². The second-order valence-electron chi connectivity index (χ2n) is 8.40. The van der Waals surface area contributed by atoms with Crippen molar-refractivity contribution in [2.45, 2.75) is 39.0 Å². The van der Waals surface area contributed by atoms with Crippen LogP contribution in [0.5, 0.6) is 5.75 Å². The zero-order valence-electron chi connectivity index (χ0n) is 19.2. The van der Waals surface area contributed by atoms with Crippen molar-refractivity contribution in [3.63, 3.8) is 0 Å². The third kappa shape index (κ3) is 6.74. The monoisotopic (exact) mass is 457 g/mol. The number of nitrogens with one attached hydrogen (secondary N) is 1. The first-order valence-corrected chi connectivity index (χ1v) is 12.8. The number of nitrogens with zero attached hydrogens (tertiary/aromatic N) is 2. The Morgan fingerprint density at radius 3 is 2.69 bits per heavy atom. The molecule has 0 amide bonds. The summed E-state index contributed by atoms with van der Waals surface area (Å²) in [5.41, 5.74) is 3.39. The summed E-state index contributed by atoms with van der Waals surface area (Å²) in [5, 5.41) is 0. The molecule has 174 valence electrons. The molecule has 32 heavy (non-hydrogen) atoms. The summed E-state index contributed by atoms with van der Waals surface area (Å²) >= 11 is 0. The number of aryl methyl sites for hydroxylation is 2. The van der Waals surface area contributed by atoms with Gasteiger partial charge in [0.05, 0.1) is 18.0 Å². The predicted molar refractivity (Wildman–Crippen MR) is 133 cm³/mol. The van der Waals surface area contributed by atoms with Gasteiger partial charge in [0.1, 0.15) is 5.75 Å². The zero-order chi connectivity index (χ0) is 23.0. The number of benzene rings is 2. The van der Waals surface area contributed by atoms with Crippen molar-refractivity contribution in [2.75, 3.05) is 42.3 Å². The van der Waals surface area contributed by atoms with Crippen molar-refractivity contribution in [1.29, 1.82) is 0 Å². The van der Waals surface area contributed by atoms with Crippen LogP contribution in [0.1, 0.15) is 36.8 Å². The van der Waals surface area contributed by atoms with Crippen molar-refractivity contribution < 1.29 is 13.2 Å². The van der Waals surface area contributed by atoms with E-state index in [-0.39, 0.29) is 0 Å². The number of unbranched alkanes of at least 4 members (excludes halogenated alkanes) is 2. The molecule has 1 N–H and O–H groups in total. The maximum Gasteiger partial charge on any atom is 0.323 e. The van der Waals surface area contributed by atoms with E-state index >= 15 is 0 Å². The molecule has 6 nitrogen and oxygen atoms in total. The van der Waals surface area contributed by atoms with Crippen LogP contribution in [0.4, 0.5) is 11.4 Å². The molecule has 0 atom stereocenters. The van der Waals surface area contributed by atoms with Crippen LogP contribution in [0.25, 0.3) is 0 Å². The first-order valence-electron chi connectivity index (χ1n) is 11.3. The van der Waals surface area contributed by atoms with Gasteiger partial charge in [-0.05, 0) is 88.5 Å². The molecule has 0 fully saturated rings. The van der Waals surface area contributed by atoms with E-state index in [0.29, 0.717) is 18.8 Å². The summed E-state index contributed by atoms with van der Waals surface area (Å²) in [6.07, 6.45) is 6.80. The van der Waals surface area contributed by atoms with Gasteiger partial charge in [-0.2, -0.15) is 8.42 Å². The van der Waals surface area contributed by atoms with Crippen molar-refractivity contribution in [3.05, 3.63) is 66.2 Å². The maximum atomic E-state index is 13.0. The SMILES string of the molecule is C=CCN(C)CCCCCOc1ccc2c(c1)CCCN2S(=O)(=O)Nc1ccc(C)cc1. The Morgan fingerprint density at radius 1 is 1.16 bits per heavy atom. The number of hydrogen-bond donors (Lipinski definition) is 1. The number of likely N-dealkylation sites (N-methyl/N-ethyl adjacent to an activating group) is 1. The third-order valence-corrected chi connectivity index (χ3v) is 7.06. The number of hydrogen-bond acceptors (Lipinski definition) is 4. The molecule has 0 bridgehead atoms. The Balaban J connectivity index is 1.55. The lowest BCUT2D eigenvalue weighted by atomic mass is 10.0. The van der Waals surface area contributed by atoms with E-state index in [1.807, 2.05) is 43.3 Å². The Labute approximate surface area is 193 Å². The van der Waals surface area contributed by atoms with Gasteiger partial charge >= 0.3 is 10.2 Å². The normalized spacial score (nSPS) is 13.7. The first-order chi connectivity index (χ1) is 15.4. The highest BCUT2D eigenvalue weighted by Crippen LogP contribution is 2.33. The highest BCUT2D eigenvalue weighted by atomic mass is 32.2. The molecule has 2 aromatic carbocycles. The molecule has 0 radical (unpaired) electrons. The fourth-order valence-electron chi connectivity index (χ4n) is 3.87. The molecule has 0 saturated heterocycles. The molecule has 7 heteroatoms. The summed E-state index contributed by atoms with van der Waals surface area (Å²) in [4.78, 5) is 2.25. The fourth-order valence-corrected chi connectivity index (χ4v) is 5.22. The second-order valence-corrected chi connectivity index (χ2v) is 9.99. The van der Waals surface area contributed by atoms with Crippen LogP contribution in [0.15, 0.2) is 55.1 Å². The van der Waals surface area contributed by atoms with E-state index in [2.05, 4.69) is 23.2 Å². The van der Waals surface area contributed by atoms with Gasteiger partial charge in [-0.15, -0.1) is 6.58 Å². The smallest absolute Gasteiger partial charge is 0.323 e. The zero-order valence-corrected chi connectivity index (χ0v) is 20.0. The summed E-state index contributed by atoms with van der Waals surface area (Å²) in [7, 11) is -1.58. The van der Waals surface area contributed by atoms with Crippen LogP contribution >= 0.6 is 0 Å². The first kappa shape index (κ1) is 24.1. The molecule has 1 aliphatic rings. The minimum atomic E-state index is -3.68. The molecule has 0 saturated carbocycles. The number of ether oxygens (including phenoxy) is 1. The summed E-state index contributed by atoms with van der Waals surface area (Å²) in [6, 6.07) is 13.1. The van der Waals surface area contributed by atoms with E-state index in [4.69, 9.17) is 4.74 Å². The predicted octanol–water partition coefficient (Wildman–Crippen LogP) is 4.77. The van der Waals surface area contributed by atoms with Crippen LogP contribution in [0.2, 0.25) is 0 Å². The van der Waals surface area contributed by atoms with Gasteiger partial charge < -0.3 is 9.64 Å². The van der Waals surface area contributed by atoms with Gasteiger partial charge in [0.2, 0.25) is 0 Å². The van der Waals surface area contributed by atoms with Gasteiger partial charge in [0.25, 0.3) is 0 Å². The Hall–Kier alpha value is -2.51. The standard InChI is InChI=1S/C25H35N3O3S/c1-4-16-27(3)17-6-5-7-19-31-24-14-15-25-22(20-24)9-8-18-28(25)32(29,30)26-23-12-10-21(2)11-13-23/h4,10-15,20,26H,1,5-9,16-19H2,2-3H3. The van der Waals surface area contributed by atoms with Crippen LogP contribution < -0.4 is 13.8 Å². The summed E-state index contributed by atoms with van der Waals surface area (Å²) < 4.78 is 36.2. The van der Waals surface area contributed by atoms with Crippen molar-refractivity contribution in [1.82, 2.24) is 4.90 Å². The topological polar surface area (TPSA) is 61.9 Å². The van der Waals surface area contributed by atoms with E-state index in [0.717, 1.165) is 67.8 Å². The minimum absolute atomic E-state index is 0.467. The average Bonchev–Trinajstić information content (AvgIpc) is 2.77. The molecule has 1 heterocycles. The third-order valence-electron chi connectivity index (χ3n) is 5.61. The van der Waals surface area contributed by atoms with E-state index in [1.165, 1.54) is 4.31 Å². The molecule has 1 aliphatic heterocycles. The summed E-state index contributed by atoms with van der Waals surface area (Å²) in [6.45, 7) is 8.85. The minimum Gasteiger partial charge on any atom is -0.494 e. The fraction of sp³-hybridized carbons (Fsp3) is 0.440. The number of anilines is 2. The molecule has 0 unspecified atom stereocenters. The quantitative estimate of drug-likeness (QED) is 0.368. The van der Waals surface area contributed by atoms with Crippen LogP contribution in [0, 0.1) is 6.92 Å². The molecule has 0 spiro atoms. The van der Waals surface area contributed by atoms with Gasteiger partial charge in [-0.25, -0.2) is 0 Å². The summed E-state index contributed by atoms with van der Waals surface area (Å²) in [5.74, 6) is 0.804. The van der Waals surface area contributed by atoms with Crippen molar-refractivity contribution in [2.24, 2.45) is 0 Å². The largest absolute Gasteiger partial charge is 0.494 e. The Kier molecular flexibility index (Phi) is 8.59. The van der Waals surface area contributed by atoms with Crippen LogP contribution in [0.3, 0.4) is 0 Å². The van der Waals surface area contributed by atoms with Crippen LogP contribution in [-0.2, 0) is 16.6 Å². The van der Waals surface area contributed by atoms with Crippen LogP contribution in [-0.4, -0.2) is 46.6 Å². The highest BCUT2D eigenvalue weighted by molar-refractivity contribution is 7.94. The molecule has 0 aromatic heterocycles. The Morgan fingerprint density at radius 2 is 1.94 bits per heavy atom. The molecular formula is C25H35N3O3S. The van der Waals surface area contributed by atoms with Crippen molar-refractivity contribution in [3.8, 4) is 5.75 Å². The van der Waals surface area contributed by atoms with Gasteiger partial charge in [-0.1, -0.05) is 23.8 Å².